The maximum absolute atomic E-state index is 13.4. The van der Waals surface area contributed by atoms with E-state index >= 15 is 0 Å². The van der Waals surface area contributed by atoms with Gasteiger partial charge in [0.2, 0.25) is 0 Å². The summed E-state index contributed by atoms with van der Waals surface area (Å²) in [6.45, 7) is 1.71. The monoisotopic (exact) mass is 367 g/mol. The van der Waals surface area contributed by atoms with Crippen LogP contribution in [0.4, 0.5) is 10.5 Å². The predicted octanol–water partition coefficient (Wildman–Crippen LogP) is 2.97. The molecule has 2 aliphatic rings. The molecule has 0 bridgehead atoms. The molecule has 0 spiro atoms. The molecule has 7 heteroatoms. The second-order valence-corrected chi connectivity index (χ2v) is 6.48. The molecule has 0 saturated carbocycles. The number of rotatable bonds is 5. The minimum Gasteiger partial charge on any atom is -0.495 e. The van der Waals surface area contributed by atoms with E-state index < -0.39 is 11.6 Å². The highest BCUT2D eigenvalue weighted by Gasteiger charge is 2.56. The molecule has 1 aliphatic heterocycles. The van der Waals surface area contributed by atoms with Crippen molar-refractivity contribution in [2.24, 2.45) is 0 Å². The molecule has 1 saturated heterocycles. The van der Waals surface area contributed by atoms with Crippen LogP contribution in [0.2, 0.25) is 0 Å². The van der Waals surface area contributed by atoms with Crippen LogP contribution >= 0.6 is 0 Å². The van der Waals surface area contributed by atoms with Gasteiger partial charge in [-0.05, 0) is 37.5 Å². The van der Waals surface area contributed by atoms with Crippen molar-refractivity contribution in [1.29, 1.82) is 5.26 Å². The van der Waals surface area contributed by atoms with Crippen LogP contribution in [0.3, 0.4) is 0 Å². The summed E-state index contributed by atoms with van der Waals surface area (Å²) in [5.74, 6) is -0.0617. The Morgan fingerprint density at radius 2 is 2.04 bits per heavy atom. The Labute approximate surface area is 158 Å². The van der Waals surface area contributed by atoms with Crippen molar-refractivity contribution in [3.63, 3.8) is 0 Å². The first-order valence-electron chi connectivity index (χ1n) is 8.59. The number of anilines is 1. The molecule has 140 valence electrons. The number of nitriles is 1. The molecule has 1 atom stereocenters. The summed E-state index contributed by atoms with van der Waals surface area (Å²) in [6, 6.07) is 6.17. The van der Waals surface area contributed by atoms with Crippen LogP contribution in [-0.2, 0) is 9.53 Å². The average Bonchev–Trinajstić information content (AvgIpc) is 2.89. The Morgan fingerprint density at radius 3 is 2.63 bits per heavy atom. The maximum atomic E-state index is 13.4. The highest BCUT2D eigenvalue weighted by atomic mass is 16.5. The Kier molecular flexibility index (Phi) is 5.02. The summed E-state index contributed by atoms with van der Waals surface area (Å²) in [7, 11) is 2.92. The lowest BCUT2D eigenvalue weighted by atomic mass is 9.86. The van der Waals surface area contributed by atoms with E-state index in [9.17, 15) is 9.59 Å². The van der Waals surface area contributed by atoms with Crippen molar-refractivity contribution in [2.75, 3.05) is 25.9 Å². The number of carbonyl (C=O) groups excluding carboxylic acids is 2. The van der Waals surface area contributed by atoms with Crippen LogP contribution in [0.25, 0.3) is 0 Å². The molecular formula is C20H21N3O4. The first kappa shape index (κ1) is 18.7. The molecule has 3 rings (SSSR count). The molecule has 1 unspecified atom stereocenters. The van der Waals surface area contributed by atoms with E-state index in [0.29, 0.717) is 17.0 Å². The van der Waals surface area contributed by atoms with Crippen LogP contribution in [0.15, 0.2) is 42.0 Å². The van der Waals surface area contributed by atoms with Crippen LogP contribution in [0, 0.1) is 11.3 Å². The second kappa shape index (κ2) is 7.25. The number of amides is 3. The van der Waals surface area contributed by atoms with Crippen LogP contribution in [0.5, 0.6) is 5.75 Å². The summed E-state index contributed by atoms with van der Waals surface area (Å²) in [6.07, 6.45) is 7.59. The predicted molar refractivity (Wildman–Crippen MR) is 99.2 cm³/mol. The Hall–Kier alpha value is -3.11. The van der Waals surface area contributed by atoms with Gasteiger partial charge in [-0.2, -0.15) is 5.26 Å². The van der Waals surface area contributed by atoms with Crippen molar-refractivity contribution in [3.8, 4) is 11.8 Å². The lowest BCUT2D eigenvalue weighted by Crippen LogP contribution is -2.49. The average molecular weight is 367 g/mol. The van der Waals surface area contributed by atoms with Gasteiger partial charge in [0.15, 0.2) is 0 Å². The Morgan fingerprint density at radius 1 is 1.26 bits per heavy atom. The highest BCUT2D eigenvalue weighted by molar-refractivity contribution is 6.24. The van der Waals surface area contributed by atoms with Gasteiger partial charge in [-0.25, -0.2) is 9.69 Å². The molecule has 27 heavy (non-hydrogen) atoms. The first-order valence-corrected chi connectivity index (χ1v) is 8.59. The molecule has 1 aromatic rings. The molecule has 3 amide bonds. The van der Waals surface area contributed by atoms with E-state index in [2.05, 4.69) is 0 Å². The number of allylic oxidation sites excluding steroid dienone is 2. The summed E-state index contributed by atoms with van der Waals surface area (Å²) < 4.78 is 10.4. The lowest BCUT2D eigenvalue weighted by molar-refractivity contribution is -0.123. The van der Waals surface area contributed by atoms with E-state index in [-0.39, 0.29) is 12.6 Å². The smallest absolute Gasteiger partial charge is 0.334 e. The van der Waals surface area contributed by atoms with Gasteiger partial charge in [0.05, 0.1) is 18.4 Å². The van der Waals surface area contributed by atoms with Crippen molar-refractivity contribution in [3.05, 3.63) is 47.6 Å². The number of benzene rings is 1. The van der Waals surface area contributed by atoms with E-state index in [1.54, 1.807) is 13.0 Å². The molecule has 0 radical (unpaired) electrons. The molecule has 1 heterocycles. The van der Waals surface area contributed by atoms with Crippen molar-refractivity contribution in [1.82, 2.24) is 4.90 Å². The number of imide groups is 1. The number of hydrogen-bond acceptors (Lipinski definition) is 5. The highest BCUT2D eigenvalue weighted by Crippen LogP contribution is 2.39. The zero-order valence-corrected chi connectivity index (χ0v) is 15.6. The zero-order valence-electron chi connectivity index (χ0n) is 15.6. The third-order valence-electron chi connectivity index (χ3n) is 4.96. The van der Waals surface area contributed by atoms with E-state index in [1.165, 1.54) is 31.3 Å². The summed E-state index contributed by atoms with van der Waals surface area (Å²) in [5.41, 5.74) is 0.290. The summed E-state index contributed by atoms with van der Waals surface area (Å²) >= 11 is 0. The first-order chi connectivity index (χ1) is 13.0. The number of carbonyl (C=O) groups is 2. The van der Waals surface area contributed by atoms with Gasteiger partial charge in [-0.15, -0.1) is 0 Å². The van der Waals surface area contributed by atoms with Crippen molar-refractivity contribution >= 4 is 17.6 Å². The molecule has 7 nitrogen and oxygen atoms in total. The van der Waals surface area contributed by atoms with Gasteiger partial charge < -0.3 is 9.47 Å². The van der Waals surface area contributed by atoms with Gasteiger partial charge in [0.25, 0.3) is 5.91 Å². The van der Waals surface area contributed by atoms with E-state index in [4.69, 9.17) is 14.7 Å². The number of urea groups is 1. The largest absolute Gasteiger partial charge is 0.495 e. The van der Waals surface area contributed by atoms with Gasteiger partial charge in [0.1, 0.15) is 24.1 Å². The lowest BCUT2D eigenvalue weighted by Gasteiger charge is -2.33. The van der Waals surface area contributed by atoms with Crippen LogP contribution < -0.4 is 9.64 Å². The van der Waals surface area contributed by atoms with E-state index in [1.807, 2.05) is 24.3 Å². The standard InChI is InChI=1S/C20H21N3O4/c1-20(15-7-5-4-6-8-15)18(24)23(19(25)22(20)13-26-2)16-10-9-14(12-21)17(11-16)27-3/h5,7-11H,4,6,13H2,1-3H3. The number of nitrogens with zero attached hydrogens (tertiary/aromatic N) is 3. The number of ether oxygens (including phenoxy) is 2. The van der Waals surface area contributed by atoms with Crippen molar-refractivity contribution < 1.29 is 19.1 Å². The minimum atomic E-state index is -1.16. The Balaban J connectivity index is 2.09. The molecule has 1 aromatic carbocycles. The maximum Gasteiger partial charge on any atom is 0.334 e. The fourth-order valence-corrected chi connectivity index (χ4v) is 3.44. The number of hydrogen-bond donors (Lipinski definition) is 0. The summed E-state index contributed by atoms with van der Waals surface area (Å²) in [5, 5.41) is 9.16. The molecule has 1 fully saturated rings. The van der Waals surface area contributed by atoms with Crippen LogP contribution in [-0.4, -0.2) is 43.3 Å². The quantitative estimate of drug-likeness (QED) is 0.747. The molecule has 1 aliphatic carbocycles. The van der Waals surface area contributed by atoms with Gasteiger partial charge >= 0.3 is 6.03 Å². The topological polar surface area (TPSA) is 82.9 Å². The second-order valence-electron chi connectivity index (χ2n) is 6.48. The fraction of sp³-hybridized carbons (Fsp3) is 0.350. The SMILES string of the molecule is COCN1C(=O)N(c2ccc(C#N)c(OC)c2)C(=O)C1(C)C1=CCCC=C1. The molecule has 0 aromatic heterocycles. The third-order valence-corrected chi connectivity index (χ3v) is 4.96. The molecule has 0 N–H and O–H groups in total. The minimum absolute atomic E-state index is 0.0177. The van der Waals surface area contributed by atoms with Gasteiger partial charge in [-0.1, -0.05) is 18.2 Å². The van der Waals surface area contributed by atoms with Gasteiger partial charge in [-0.3, -0.25) is 9.69 Å². The van der Waals surface area contributed by atoms with Crippen LogP contribution in [0.1, 0.15) is 25.3 Å². The van der Waals surface area contributed by atoms with Gasteiger partial charge in [0, 0.05) is 13.2 Å². The fourth-order valence-electron chi connectivity index (χ4n) is 3.44. The van der Waals surface area contributed by atoms with E-state index in [0.717, 1.165) is 23.3 Å². The Bertz CT molecular complexity index is 884. The number of methoxy groups -OCH3 is 2. The molecular weight excluding hydrogens is 346 g/mol. The normalized spacial score (nSPS) is 22.1. The third kappa shape index (κ3) is 2.88. The summed E-state index contributed by atoms with van der Waals surface area (Å²) in [4.78, 5) is 29.1. The van der Waals surface area contributed by atoms with Crippen molar-refractivity contribution in [2.45, 2.75) is 25.3 Å². The zero-order chi connectivity index (χ0) is 19.6.